The Morgan fingerprint density at radius 1 is 1.34 bits per heavy atom. The van der Waals surface area contributed by atoms with Gasteiger partial charge in [0.1, 0.15) is 29.2 Å². The van der Waals surface area contributed by atoms with E-state index in [4.69, 9.17) is 23.2 Å². The smallest absolute Gasteiger partial charge is 0.227 e. The van der Waals surface area contributed by atoms with Gasteiger partial charge in [-0.1, -0.05) is 41.0 Å². The lowest BCUT2D eigenvalue weighted by atomic mass is 10.0. The molecular weight excluding hydrogens is 438 g/mol. The molecule has 1 fully saturated rings. The molecule has 0 aliphatic carbocycles. The number of hydrogen-bond acceptors (Lipinski definition) is 6. The zero-order valence-electron chi connectivity index (χ0n) is 15.2. The third-order valence-corrected chi connectivity index (χ3v) is 6.15. The molecule has 3 aromatic rings. The molecule has 0 bridgehead atoms. The van der Waals surface area contributed by atoms with Crippen LogP contribution < -0.4 is 10.6 Å². The molecule has 1 aliphatic heterocycles. The van der Waals surface area contributed by atoms with Crippen LogP contribution in [0.25, 0.3) is 16.3 Å². The van der Waals surface area contributed by atoms with E-state index in [1.807, 2.05) is 0 Å². The van der Waals surface area contributed by atoms with Crippen LogP contribution in [0.4, 0.5) is 9.52 Å². The third-order valence-electron chi connectivity index (χ3n) is 4.59. The lowest BCUT2D eigenvalue weighted by molar-refractivity contribution is -0.116. The van der Waals surface area contributed by atoms with E-state index in [0.29, 0.717) is 27.8 Å². The molecule has 152 valence electrons. The van der Waals surface area contributed by atoms with E-state index >= 15 is 0 Å². The summed E-state index contributed by atoms with van der Waals surface area (Å²) < 4.78 is 15.6. The highest BCUT2D eigenvalue weighted by molar-refractivity contribution is 7.18. The molecule has 0 spiro atoms. The van der Waals surface area contributed by atoms with E-state index in [2.05, 4.69) is 25.7 Å². The van der Waals surface area contributed by atoms with Crippen molar-refractivity contribution >= 4 is 45.6 Å². The number of halogens is 3. The molecule has 4 rings (SSSR count). The van der Waals surface area contributed by atoms with Crippen molar-refractivity contribution in [2.24, 2.45) is 0 Å². The highest BCUT2D eigenvalue weighted by Crippen LogP contribution is 2.39. The van der Waals surface area contributed by atoms with Gasteiger partial charge >= 0.3 is 0 Å². The van der Waals surface area contributed by atoms with Gasteiger partial charge in [0.15, 0.2) is 5.13 Å². The van der Waals surface area contributed by atoms with Crippen molar-refractivity contribution < 1.29 is 9.18 Å². The Bertz CT molecular complexity index is 1020. The third kappa shape index (κ3) is 4.58. The summed E-state index contributed by atoms with van der Waals surface area (Å²) in [5, 5.41) is 11.4. The molecule has 0 saturated carbocycles. The molecule has 1 amide bonds. The average Bonchev–Trinajstić information content (AvgIpc) is 3.35. The second kappa shape index (κ2) is 8.74. The van der Waals surface area contributed by atoms with Crippen LogP contribution in [0, 0.1) is 5.82 Å². The minimum absolute atomic E-state index is 0.0789. The number of rotatable bonds is 5. The van der Waals surface area contributed by atoms with Crippen LogP contribution in [0.1, 0.15) is 25.7 Å². The average molecular weight is 455 g/mol. The Kier molecular flexibility index (Phi) is 6.09. The lowest BCUT2D eigenvalue weighted by Crippen LogP contribution is -2.36. The van der Waals surface area contributed by atoms with E-state index < -0.39 is 5.82 Å². The van der Waals surface area contributed by atoms with Crippen LogP contribution in [0.5, 0.6) is 0 Å². The van der Waals surface area contributed by atoms with Gasteiger partial charge in [0, 0.05) is 18.0 Å². The minimum atomic E-state index is -0.613. The van der Waals surface area contributed by atoms with E-state index in [1.165, 1.54) is 40.8 Å². The quantitative estimate of drug-likeness (QED) is 0.561. The number of aromatic nitrogens is 4. The number of amides is 1. The Morgan fingerprint density at radius 3 is 2.93 bits per heavy atom. The summed E-state index contributed by atoms with van der Waals surface area (Å²) in [5.41, 5.74) is 0.733. The van der Waals surface area contributed by atoms with Crippen molar-refractivity contribution in [1.82, 2.24) is 25.1 Å². The largest absolute Gasteiger partial charge is 0.313 e. The summed E-state index contributed by atoms with van der Waals surface area (Å²) in [6.07, 6.45) is 6.46. The van der Waals surface area contributed by atoms with Crippen molar-refractivity contribution in [2.75, 3.05) is 11.9 Å². The second-order valence-corrected chi connectivity index (χ2v) is 8.45. The number of anilines is 1. The number of nitrogens with one attached hydrogen (secondary N) is 2. The highest BCUT2D eigenvalue weighted by atomic mass is 35.5. The Balaban J connectivity index is 1.64. The number of hydrogen-bond donors (Lipinski definition) is 2. The van der Waals surface area contributed by atoms with Gasteiger partial charge in [-0.2, -0.15) is 5.10 Å². The maximum absolute atomic E-state index is 14.1. The molecular formula is C18H17Cl2FN6OS. The van der Waals surface area contributed by atoms with Crippen LogP contribution >= 0.6 is 34.5 Å². The van der Waals surface area contributed by atoms with Crippen LogP contribution in [0.3, 0.4) is 0 Å². The maximum atomic E-state index is 14.1. The van der Waals surface area contributed by atoms with Gasteiger partial charge < -0.3 is 10.6 Å². The molecule has 3 heterocycles. The molecule has 1 unspecified atom stereocenters. The highest BCUT2D eigenvalue weighted by Gasteiger charge is 2.22. The fourth-order valence-corrected chi connectivity index (χ4v) is 4.60. The standard InChI is InChI=1S/C18H17Cl2FN6OS/c19-12-7-13(20)14(21)6-11(12)16-17(27-9-22-8-24-27)29-18(26-16)25-15(28)5-10-3-1-2-4-23-10/h6-10,23H,1-5H2,(H,25,26,28). The monoisotopic (exact) mass is 454 g/mol. The maximum Gasteiger partial charge on any atom is 0.227 e. The van der Waals surface area contributed by atoms with Crippen molar-refractivity contribution in [1.29, 1.82) is 0 Å². The summed E-state index contributed by atoms with van der Waals surface area (Å²) in [7, 11) is 0. The zero-order chi connectivity index (χ0) is 20.4. The van der Waals surface area contributed by atoms with Gasteiger partial charge in [0.25, 0.3) is 0 Å². The topological polar surface area (TPSA) is 84.7 Å². The van der Waals surface area contributed by atoms with Crippen LogP contribution in [0.2, 0.25) is 10.0 Å². The van der Waals surface area contributed by atoms with E-state index in [9.17, 15) is 9.18 Å². The number of piperidine rings is 1. The van der Waals surface area contributed by atoms with Gasteiger partial charge in [0.2, 0.25) is 5.91 Å². The van der Waals surface area contributed by atoms with Gasteiger partial charge in [-0.05, 0) is 31.5 Å². The number of nitrogens with zero attached hydrogens (tertiary/aromatic N) is 4. The van der Waals surface area contributed by atoms with Gasteiger partial charge in [-0.3, -0.25) is 4.79 Å². The molecule has 1 aromatic carbocycles. The van der Waals surface area contributed by atoms with Crippen molar-refractivity contribution in [3.8, 4) is 16.3 Å². The predicted molar refractivity (Wildman–Crippen MR) is 111 cm³/mol. The Labute approximate surface area is 180 Å². The predicted octanol–water partition coefficient (Wildman–Crippen LogP) is 4.31. The van der Waals surface area contributed by atoms with Crippen molar-refractivity contribution in [3.63, 3.8) is 0 Å². The summed E-state index contributed by atoms with van der Waals surface area (Å²) >= 11 is 13.3. The van der Waals surface area contributed by atoms with Gasteiger partial charge in [-0.15, -0.1) is 0 Å². The number of benzene rings is 1. The lowest BCUT2D eigenvalue weighted by Gasteiger charge is -2.22. The van der Waals surface area contributed by atoms with Crippen LogP contribution in [-0.2, 0) is 4.79 Å². The zero-order valence-corrected chi connectivity index (χ0v) is 17.5. The molecule has 29 heavy (non-hydrogen) atoms. The molecule has 2 aromatic heterocycles. The molecule has 7 nitrogen and oxygen atoms in total. The number of carbonyl (C=O) groups excluding carboxylic acids is 1. The molecule has 1 atom stereocenters. The normalized spacial score (nSPS) is 16.7. The number of carbonyl (C=O) groups is 1. The number of thiazole rings is 1. The SMILES string of the molecule is O=C(CC1CCCCN1)Nc1nc(-c2cc(F)c(Cl)cc2Cl)c(-n2cncn2)s1. The second-order valence-electron chi connectivity index (χ2n) is 6.66. The molecule has 11 heteroatoms. The Morgan fingerprint density at radius 2 is 2.21 bits per heavy atom. The fraction of sp³-hybridized carbons (Fsp3) is 0.333. The van der Waals surface area contributed by atoms with Crippen LogP contribution in [-0.4, -0.2) is 38.2 Å². The van der Waals surface area contributed by atoms with Gasteiger partial charge in [-0.25, -0.2) is 19.0 Å². The Hall–Kier alpha value is -2.07. The van der Waals surface area contributed by atoms with Crippen LogP contribution in [0.15, 0.2) is 24.8 Å². The van der Waals surface area contributed by atoms with Crippen molar-refractivity contribution in [2.45, 2.75) is 31.7 Å². The summed E-state index contributed by atoms with van der Waals surface area (Å²) in [4.78, 5) is 20.9. The summed E-state index contributed by atoms with van der Waals surface area (Å²) in [5.74, 6) is -0.749. The van der Waals surface area contributed by atoms with Crippen molar-refractivity contribution in [3.05, 3.63) is 40.6 Å². The van der Waals surface area contributed by atoms with E-state index in [0.717, 1.165) is 25.8 Å². The first kappa shape index (κ1) is 20.2. The summed E-state index contributed by atoms with van der Waals surface area (Å²) in [6, 6.07) is 2.71. The first-order valence-corrected chi connectivity index (χ1v) is 10.6. The van der Waals surface area contributed by atoms with E-state index in [-0.39, 0.29) is 22.0 Å². The first-order valence-electron chi connectivity index (χ1n) is 9.05. The van der Waals surface area contributed by atoms with Gasteiger partial charge in [0.05, 0.1) is 10.0 Å². The minimum Gasteiger partial charge on any atom is -0.313 e. The molecule has 2 N–H and O–H groups in total. The summed E-state index contributed by atoms with van der Waals surface area (Å²) in [6.45, 7) is 0.927. The molecule has 1 aliphatic rings. The first-order chi connectivity index (χ1) is 14.0. The van der Waals surface area contributed by atoms with E-state index in [1.54, 1.807) is 0 Å². The molecule has 0 radical (unpaired) electrons. The molecule has 1 saturated heterocycles. The fourth-order valence-electron chi connectivity index (χ4n) is 3.21.